The van der Waals surface area contributed by atoms with Gasteiger partial charge >= 0.3 is 11.9 Å². The second kappa shape index (κ2) is 15.9. The molecule has 0 N–H and O–H groups in total. The van der Waals surface area contributed by atoms with Crippen LogP contribution in [-0.2, 0) is 20.9 Å². The fraction of sp³-hybridized carbons (Fsp3) is 0.179. The first-order valence-electron chi connectivity index (χ1n) is 15.9. The van der Waals surface area contributed by atoms with E-state index in [1.165, 1.54) is 11.3 Å². The van der Waals surface area contributed by atoms with Gasteiger partial charge in [0.25, 0.3) is 5.56 Å². The fourth-order valence-corrected chi connectivity index (χ4v) is 7.45. The number of benzene rings is 4. The summed E-state index contributed by atoms with van der Waals surface area (Å²) in [6.45, 7) is 4.33. The van der Waals surface area contributed by atoms with Crippen molar-refractivity contribution < 1.29 is 23.8 Å². The van der Waals surface area contributed by atoms with Crippen LogP contribution in [0.25, 0.3) is 11.8 Å². The van der Waals surface area contributed by atoms with Gasteiger partial charge in [-0.05, 0) is 95.2 Å². The predicted octanol–water partition coefficient (Wildman–Crippen LogP) is 7.18. The molecule has 5 aromatic rings. The summed E-state index contributed by atoms with van der Waals surface area (Å²) < 4.78 is 19.4. The zero-order valence-electron chi connectivity index (χ0n) is 27.6. The molecule has 0 saturated carbocycles. The molecule has 0 spiro atoms. The molecular weight excluding hydrogens is 736 g/mol. The number of thiazole rings is 1. The van der Waals surface area contributed by atoms with Crippen LogP contribution in [0, 0.1) is 0 Å². The molecule has 6 rings (SSSR count). The summed E-state index contributed by atoms with van der Waals surface area (Å²) in [4.78, 5) is 46.4. The molecule has 0 unspecified atom stereocenters. The lowest BCUT2D eigenvalue weighted by Crippen LogP contribution is -2.40. The van der Waals surface area contributed by atoms with Crippen LogP contribution in [0.3, 0.4) is 0 Å². The number of esters is 2. The Kier molecular flexibility index (Phi) is 11.2. The molecule has 1 aliphatic rings. The van der Waals surface area contributed by atoms with Crippen LogP contribution in [0.1, 0.15) is 52.5 Å². The number of thioether (sulfide) groups is 1. The third-order valence-corrected chi connectivity index (χ3v) is 10.3. The number of ether oxygens (including phenoxy) is 3. The van der Waals surface area contributed by atoms with Gasteiger partial charge in [0.1, 0.15) is 12.4 Å². The molecular formula is C39H33BrN2O6S2. The highest BCUT2D eigenvalue weighted by Gasteiger charge is 2.35. The Balaban J connectivity index is 1.37. The summed E-state index contributed by atoms with van der Waals surface area (Å²) in [5, 5.41) is 0. The minimum atomic E-state index is -0.743. The van der Waals surface area contributed by atoms with E-state index in [1.807, 2.05) is 97.3 Å². The second-order valence-corrected chi connectivity index (χ2v) is 13.8. The van der Waals surface area contributed by atoms with Gasteiger partial charge in [0.15, 0.2) is 4.80 Å². The normalized spacial score (nSPS) is 14.2. The van der Waals surface area contributed by atoms with Crippen molar-refractivity contribution in [3.05, 3.63) is 155 Å². The van der Waals surface area contributed by atoms with E-state index in [2.05, 4.69) is 15.9 Å². The number of fused-ring (bicyclic) bond motifs is 1. The van der Waals surface area contributed by atoms with Gasteiger partial charge in [-0.2, -0.15) is 0 Å². The maximum absolute atomic E-state index is 14.2. The number of halogens is 1. The lowest BCUT2D eigenvalue weighted by Gasteiger charge is -2.26. The Labute approximate surface area is 305 Å². The summed E-state index contributed by atoms with van der Waals surface area (Å²) in [5.41, 5.74) is 4.23. The van der Waals surface area contributed by atoms with Crippen LogP contribution >= 0.6 is 39.0 Å². The number of rotatable bonds is 11. The minimum absolute atomic E-state index is 0.184. The summed E-state index contributed by atoms with van der Waals surface area (Å²) >= 11 is 6.50. The smallest absolute Gasteiger partial charge is 0.338 e. The molecule has 0 amide bonds. The Bertz CT molecular complexity index is 2250. The molecule has 0 fully saturated rings. The first-order valence-corrected chi connectivity index (χ1v) is 18.8. The standard InChI is InChI=1S/C39H33BrN2O6S2/c1-4-46-37(44)28-14-11-24(12-15-28)23-48-31-20-13-25(21-30(31)40)22-32-36(43)42-35(27-16-18-29(49-3)19-17-27)33(38(45)47-5-2)34(41-39(42)50-32)26-9-7-6-8-10-26/h6-22,35H,4-5,23H2,1-3H3/b32-22-/t35-/m1/s1. The molecule has 1 aromatic heterocycles. The van der Waals surface area contributed by atoms with Crippen molar-refractivity contribution in [2.24, 2.45) is 4.99 Å². The van der Waals surface area contributed by atoms with E-state index in [1.54, 1.807) is 42.3 Å². The van der Waals surface area contributed by atoms with Gasteiger partial charge in [0, 0.05) is 10.5 Å². The molecule has 2 heterocycles. The van der Waals surface area contributed by atoms with Crippen molar-refractivity contribution in [3.8, 4) is 5.75 Å². The number of aromatic nitrogens is 1. The third-order valence-electron chi connectivity index (χ3n) is 7.92. The molecule has 8 nitrogen and oxygen atoms in total. The zero-order valence-corrected chi connectivity index (χ0v) is 30.8. The third kappa shape index (κ3) is 7.55. The molecule has 50 heavy (non-hydrogen) atoms. The maximum atomic E-state index is 14.2. The van der Waals surface area contributed by atoms with Crippen LogP contribution in [0.4, 0.5) is 0 Å². The lowest BCUT2D eigenvalue weighted by molar-refractivity contribution is -0.138. The highest BCUT2D eigenvalue weighted by Crippen LogP contribution is 2.36. The molecule has 0 aliphatic carbocycles. The Morgan fingerprint density at radius 3 is 2.28 bits per heavy atom. The number of carbonyl (C=O) groups excluding carboxylic acids is 2. The number of hydrogen-bond donors (Lipinski definition) is 0. The number of nitrogens with zero attached hydrogens (tertiary/aromatic N) is 2. The van der Waals surface area contributed by atoms with Crippen molar-refractivity contribution >= 4 is 62.7 Å². The van der Waals surface area contributed by atoms with Gasteiger partial charge in [-0.15, -0.1) is 11.8 Å². The predicted molar refractivity (Wildman–Crippen MR) is 200 cm³/mol. The van der Waals surface area contributed by atoms with Gasteiger partial charge < -0.3 is 14.2 Å². The molecule has 4 aromatic carbocycles. The molecule has 0 saturated heterocycles. The van der Waals surface area contributed by atoms with E-state index in [0.717, 1.165) is 27.1 Å². The second-order valence-electron chi connectivity index (χ2n) is 11.1. The van der Waals surface area contributed by atoms with Crippen molar-refractivity contribution in [2.45, 2.75) is 31.4 Å². The minimum Gasteiger partial charge on any atom is -0.488 e. The summed E-state index contributed by atoms with van der Waals surface area (Å²) in [6, 6.07) is 29.3. The summed E-state index contributed by atoms with van der Waals surface area (Å²) in [5.74, 6) is -0.252. The summed E-state index contributed by atoms with van der Waals surface area (Å²) in [6.07, 6.45) is 3.82. The lowest BCUT2D eigenvalue weighted by atomic mass is 9.93. The average Bonchev–Trinajstić information content (AvgIpc) is 3.45. The van der Waals surface area contributed by atoms with Crippen molar-refractivity contribution in [3.63, 3.8) is 0 Å². The zero-order chi connectivity index (χ0) is 35.2. The van der Waals surface area contributed by atoms with Gasteiger partial charge in [0.2, 0.25) is 0 Å². The van der Waals surface area contributed by atoms with E-state index in [-0.39, 0.29) is 18.1 Å². The van der Waals surface area contributed by atoms with Crippen molar-refractivity contribution in [1.29, 1.82) is 0 Å². The van der Waals surface area contributed by atoms with E-state index < -0.39 is 12.0 Å². The van der Waals surface area contributed by atoms with Crippen molar-refractivity contribution in [2.75, 3.05) is 19.5 Å². The highest BCUT2D eigenvalue weighted by atomic mass is 79.9. The van der Waals surface area contributed by atoms with Gasteiger partial charge in [0.05, 0.1) is 45.1 Å². The van der Waals surface area contributed by atoms with E-state index in [4.69, 9.17) is 19.2 Å². The SMILES string of the molecule is CCOC(=O)C1=C(c2ccccc2)N=c2s/c(=C\c3ccc(OCc4ccc(C(=O)OCC)cc4)c(Br)c3)c(=O)n2[C@@H]1c1ccc(SC)cc1. The fourth-order valence-electron chi connectivity index (χ4n) is 5.53. The monoisotopic (exact) mass is 768 g/mol. The first kappa shape index (κ1) is 35.1. The van der Waals surface area contributed by atoms with Gasteiger partial charge in [-0.25, -0.2) is 14.6 Å². The van der Waals surface area contributed by atoms with Crippen LogP contribution < -0.4 is 19.6 Å². The van der Waals surface area contributed by atoms with Crippen LogP contribution in [0.5, 0.6) is 5.75 Å². The van der Waals surface area contributed by atoms with Crippen molar-refractivity contribution in [1.82, 2.24) is 4.57 Å². The van der Waals surface area contributed by atoms with E-state index >= 15 is 0 Å². The molecule has 1 aliphatic heterocycles. The summed E-state index contributed by atoms with van der Waals surface area (Å²) in [7, 11) is 0. The largest absolute Gasteiger partial charge is 0.488 e. The Hall–Kier alpha value is -4.71. The van der Waals surface area contributed by atoms with Gasteiger partial charge in [-0.3, -0.25) is 9.36 Å². The highest BCUT2D eigenvalue weighted by molar-refractivity contribution is 9.10. The molecule has 0 bridgehead atoms. The average molecular weight is 770 g/mol. The maximum Gasteiger partial charge on any atom is 0.338 e. The molecule has 254 valence electrons. The first-order chi connectivity index (χ1) is 24.3. The topological polar surface area (TPSA) is 96.2 Å². The Morgan fingerprint density at radius 1 is 0.920 bits per heavy atom. The molecule has 1 atom stereocenters. The van der Waals surface area contributed by atoms with E-state index in [0.29, 0.717) is 49.6 Å². The van der Waals surface area contributed by atoms with Crippen LogP contribution in [0.15, 0.2) is 122 Å². The van der Waals surface area contributed by atoms with Gasteiger partial charge in [-0.1, -0.05) is 72.0 Å². The van der Waals surface area contributed by atoms with Crippen LogP contribution in [0.2, 0.25) is 0 Å². The quantitative estimate of drug-likeness (QED) is 0.104. The van der Waals surface area contributed by atoms with Crippen LogP contribution in [-0.4, -0.2) is 36.0 Å². The molecule has 11 heteroatoms. The van der Waals surface area contributed by atoms with E-state index in [9.17, 15) is 14.4 Å². The number of hydrogen-bond acceptors (Lipinski definition) is 9. The molecule has 0 radical (unpaired) electrons. The Morgan fingerprint density at radius 2 is 1.62 bits per heavy atom. The number of carbonyl (C=O) groups is 2.